The number of hydrogen-bond acceptors (Lipinski definition) is 7. The van der Waals surface area contributed by atoms with Crippen molar-refractivity contribution in [1.82, 2.24) is 15.2 Å². The van der Waals surface area contributed by atoms with E-state index < -0.39 is 36.0 Å². The van der Waals surface area contributed by atoms with Crippen molar-refractivity contribution < 1.29 is 28.7 Å². The first-order valence-corrected chi connectivity index (χ1v) is 10.1. The molecular weight excluding hydrogens is 402 g/mol. The highest BCUT2D eigenvalue weighted by Crippen LogP contribution is 2.25. The van der Waals surface area contributed by atoms with Crippen LogP contribution in [0.1, 0.15) is 48.8 Å². The van der Waals surface area contributed by atoms with Crippen molar-refractivity contribution in [2.24, 2.45) is 0 Å². The molecule has 3 rings (SSSR count). The highest BCUT2D eigenvalue weighted by atomic mass is 16.5. The van der Waals surface area contributed by atoms with E-state index in [2.05, 4.69) is 10.3 Å². The van der Waals surface area contributed by atoms with Gasteiger partial charge in [0.15, 0.2) is 0 Å². The number of para-hydroxylation sites is 1. The molecule has 1 aliphatic heterocycles. The molecule has 1 aromatic heterocycles. The third-order valence-corrected chi connectivity index (χ3v) is 5.42. The summed E-state index contributed by atoms with van der Waals surface area (Å²) >= 11 is 0. The SMILES string of the molecule is CCOC(=O)c1c(COC(=O)CN2C(=O)NC(C)(CC)C2=O)nc2ccccc2c1C. The molecule has 1 atom stereocenters. The van der Waals surface area contributed by atoms with Gasteiger partial charge >= 0.3 is 18.0 Å². The summed E-state index contributed by atoms with van der Waals surface area (Å²) in [6.07, 6.45) is 0.395. The summed E-state index contributed by atoms with van der Waals surface area (Å²) < 4.78 is 10.4. The lowest BCUT2D eigenvalue weighted by molar-refractivity contribution is -0.148. The quantitative estimate of drug-likeness (QED) is 0.533. The van der Waals surface area contributed by atoms with Gasteiger partial charge in [0.1, 0.15) is 18.7 Å². The van der Waals surface area contributed by atoms with E-state index in [-0.39, 0.29) is 24.5 Å². The number of aryl methyl sites for hydroxylation is 1. The number of benzene rings is 1. The number of ether oxygens (including phenoxy) is 2. The zero-order valence-electron chi connectivity index (χ0n) is 18.0. The van der Waals surface area contributed by atoms with E-state index in [1.165, 1.54) is 0 Å². The van der Waals surface area contributed by atoms with Crippen LogP contribution >= 0.6 is 0 Å². The Balaban J connectivity index is 1.81. The lowest BCUT2D eigenvalue weighted by atomic mass is 9.99. The standard InChI is InChI=1S/C22H25N3O6/c1-5-22(4)20(28)25(21(29)24-22)11-17(26)31-12-16-18(19(27)30-6-2)13(3)14-9-7-8-10-15(14)23-16/h7-10H,5-6,11-12H2,1-4H3,(H,24,29). The maximum absolute atomic E-state index is 12.5. The van der Waals surface area contributed by atoms with Gasteiger partial charge in [-0.15, -0.1) is 0 Å². The highest BCUT2D eigenvalue weighted by molar-refractivity contribution is 6.08. The summed E-state index contributed by atoms with van der Waals surface area (Å²) in [5.74, 6) is -1.83. The van der Waals surface area contributed by atoms with Gasteiger partial charge in [0, 0.05) is 5.39 Å². The number of aromatic nitrogens is 1. The molecule has 3 amide bonds. The van der Waals surface area contributed by atoms with Crippen LogP contribution in [-0.2, 0) is 25.7 Å². The fourth-order valence-electron chi connectivity index (χ4n) is 3.47. The Kier molecular flexibility index (Phi) is 6.24. The van der Waals surface area contributed by atoms with Crippen LogP contribution < -0.4 is 5.32 Å². The van der Waals surface area contributed by atoms with Crippen LogP contribution in [0.2, 0.25) is 0 Å². The Morgan fingerprint density at radius 1 is 1.16 bits per heavy atom. The number of carbonyl (C=O) groups is 4. The first kappa shape index (κ1) is 22.2. The van der Waals surface area contributed by atoms with Crippen molar-refractivity contribution in [2.45, 2.75) is 46.3 Å². The monoisotopic (exact) mass is 427 g/mol. The predicted octanol–water partition coefficient (Wildman–Crippen LogP) is 2.48. The van der Waals surface area contributed by atoms with Crippen molar-refractivity contribution in [3.8, 4) is 0 Å². The molecule has 0 saturated carbocycles. The van der Waals surface area contributed by atoms with Crippen LogP contribution in [0.25, 0.3) is 10.9 Å². The van der Waals surface area contributed by atoms with Crippen molar-refractivity contribution >= 4 is 34.8 Å². The first-order chi connectivity index (χ1) is 14.7. The van der Waals surface area contributed by atoms with E-state index >= 15 is 0 Å². The van der Waals surface area contributed by atoms with Gasteiger partial charge in [-0.1, -0.05) is 25.1 Å². The van der Waals surface area contributed by atoms with Gasteiger partial charge in [0.2, 0.25) is 0 Å². The van der Waals surface area contributed by atoms with Crippen molar-refractivity contribution in [3.63, 3.8) is 0 Å². The molecule has 0 bridgehead atoms. The predicted molar refractivity (Wildman–Crippen MR) is 111 cm³/mol. The number of imide groups is 1. The third-order valence-electron chi connectivity index (χ3n) is 5.42. The topological polar surface area (TPSA) is 115 Å². The second kappa shape index (κ2) is 8.71. The molecular formula is C22H25N3O6. The Hall–Kier alpha value is -3.49. The first-order valence-electron chi connectivity index (χ1n) is 10.1. The van der Waals surface area contributed by atoms with Crippen LogP contribution in [0.4, 0.5) is 4.79 Å². The molecule has 1 unspecified atom stereocenters. The fraction of sp³-hybridized carbons (Fsp3) is 0.409. The highest BCUT2D eigenvalue weighted by Gasteiger charge is 2.47. The number of esters is 2. The Labute approximate surface area is 179 Å². The minimum Gasteiger partial charge on any atom is -0.462 e. The van der Waals surface area contributed by atoms with Gasteiger partial charge in [0.25, 0.3) is 5.91 Å². The number of fused-ring (bicyclic) bond motifs is 1. The normalized spacial score (nSPS) is 18.3. The maximum Gasteiger partial charge on any atom is 0.340 e. The molecule has 2 aromatic rings. The van der Waals surface area contributed by atoms with Gasteiger partial charge in [-0.2, -0.15) is 0 Å². The number of nitrogens with one attached hydrogen (secondary N) is 1. The Morgan fingerprint density at radius 3 is 2.52 bits per heavy atom. The second-order valence-corrected chi connectivity index (χ2v) is 7.46. The molecule has 1 saturated heterocycles. The van der Waals surface area contributed by atoms with Gasteiger partial charge in [-0.3, -0.25) is 14.5 Å². The van der Waals surface area contributed by atoms with E-state index in [4.69, 9.17) is 9.47 Å². The summed E-state index contributed by atoms with van der Waals surface area (Å²) in [6, 6.07) is 6.66. The van der Waals surface area contributed by atoms with Crippen molar-refractivity contribution in [2.75, 3.05) is 13.2 Å². The van der Waals surface area contributed by atoms with E-state index in [0.717, 1.165) is 10.3 Å². The summed E-state index contributed by atoms with van der Waals surface area (Å²) in [5, 5.41) is 3.37. The molecule has 1 fully saturated rings. The third kappa shape index (κ3) is 4.21. The number of nitrogens with zero attached hydrogens (tertiary/aromatic N) is 2. The van der Waals surface area contributed by atoms with E-state index in [0.29, 0.717) is 17.5 Å². The van der Waals surface area contributed by atoms with Crippen molar-refractivity contribution in [3.05, 3.63) is 41.1 Å². The lowest BCUT2D eigenvalue weighted by Gasteiger charge is -2.19. The van der Waals surface area contributed by atoms with E-state index in [1.807, 2.05) is 18.2 Å². The van der Waals surface area contributed by atoms with Crippen LogP contribution in [0.5, 0.6) is 0 Å². The number of rotatable bonds is 7. The minimum atomic E-state index is -1.04. The van der Waals surface area contributed by atoms with Crippen LogP contribution in [0.3, 0.4) is 0 Å². The zero-order chi connectivity index (χ0) is 22.8. The summed E-state index contributed by atoms with van der Waals surface area (Å²) in [7, 11) is 0. The number of pyridine rings is 1. The number of amides is 3. The molecule has 1 aromatic carbocycles. The summed E-state index contributed by atoms with van der Waals surface area (Å²) in [5.41, 5.74) is 0.765. The summed E-state index contributed by atoms with van der Waals surface area (Å²) in [4.78, 5) is 54.7. The lowest BCUT2D eigenvalue weighted by Crippen LogP contribution is -2.43. The molecule has 0 spiro atoms. The zero-order valence-corrected chi connectivity index (χ0v) is 18.0. The van der Waals surface area contributed by atoms with Gasteiger partial charge in [-0.05, 0) is 38.8 Å². The largest absolute Gasteiger partial charge is 0.462 e. The van der Waals surface area contributed by atoms with E-state index in [1.54, 1.807) is 33.8 Å². The number of carbonyl (C=O) groups excluding carboxylic acids is 4. The summed E-state index contributed by atoms with van der Waals surface area (Å²) in [6.45, 7) is 6.21. The molecule has 2 heterocycles. The molecule has 1 aliphatic rings. The van der Waals surface area contributed by atoms with Gasteiger partial charge < -0.3 is 14.8 Å². The number of hydrogen-bond donors (Lipinski definition) is 1. The molecule has 0 radical (unpaired) electrons. The van der Waals surface area contributed by atoms with Crippen LogP contribution in [-0.4, -0.2) is 52.5 Å². The maximum atomic E-state index is 12.5. The Bertz CT molecular complexity index is 1070. The molecule has 164 valence electrons. The molecule has 9 nitrogen and oxygen atoms in total. The average Bonchev–Trinajstić information content (AvgIpc) is 2.96. The Morgan fingerprint density at radius 2 is 1.87 bits per heavy atom. The smallest absolute Gasteiger partial charge is 0.340 e. The van der Waals surface area contributed by atoms with Crippen LogP contribution in [0, 0.1) is 6.92 Å². The van der Waals surface area contributed by atoms with Crippen molar-refractivity contribution in [1.29, 1.82) is 0 Å². The number of urea groups is 1. The van der Waals surface area contributed by atoms with E-state index in [9.17, 15) is 19.2 Å². The molecule has 9 heteroatoms. The fourth-order valence-corrected chi connectivity index (χ4v) is 3.47. The van der Waals surface area contributed by atoms with Gasteiger partial charge in [-0.25, -0.2) is 14.6 Å². The van der Waals surface area contributed by atoms with Crippen LogP contribution in [0.15, 0.2) is 24.3 Å². The van der Waals surface area contributed by atoms with Gasteiger partial charge in [0.05, 0.1) is 23.4 Å². The molecule has 0 aliphatic carbocycles. The molecule has 31 heavy (non-hydrogen) atoms. The second-order valence-electron chi connectivity index (χ2n) is 7.46. The average molecular weight is 427 g/mol. The minimum absolute atomic E-state index is 0.187. The molecule has 1 N–H and O–H groups in total.